The number of hydrogen-bond donors (Lipinski definition) is 0. The zero-order valence-electron chi connectivity index (χ0n) is 16.9. The average Bonchev–Trinajstić information content (AvgIpc) is 3.25. The SMILES string of the molecule is Cc1ccc(C(=O)N2CCC3(CC2)C[C@H](CC(=O)N(C)C)c2ccccc23)o1. The molecule has 1 spiro atoms. The Balaban J connectivity index is 1.51. The van der Waals surface area contributed by atoms with Crippen molar-refractivity contribution in [2.75, 3.05) is 27.2 Å². The highest BCUT2D eigenvalue weighted by atomic mass is 16.3. The van der Waals surface area contributed by atoms with Gasteiger partial charge in [0.15, 0.2) is 5.76 Å². The summed E-state index contributed by atoms with van der Waals surface area (Å²) >= 11 is 0. The summed E-state index contributed by atoms with van der Waals surface area (Å²) in [5.41, 5.74) is 2.77. The maximum atomic E-state index is 12.7. The van der Waals surface area contributed by atoms with Gasteiger partial charge in [-0.25, -0.2) is 0 Å². The minimum absolute atomic E-state index is 0.0198. The largest absolute Gasteiger partial charge is 0.456 e. The lowest BCUT2D eigenvalue weighted by atomic mass is 9.73. The molecule has 1 aromatic heterocycles. The van der Waals surface area contributed by atoms with Gasteiger partial charge in [-0.2, -0.15) is 0 Å². The first-order chi connectivity index (χ1) is 13.4. The zero-order valence-corrected chi connectivity index (χ0v) is 16.9. The van der Waals surface area contributed by atoms with E-state index >= 15 is 0 Å². The number of amides is 2. The second-order valence-electron chi connectivity index (χ2n) is 8.46. The van der Waals surface area contributed by atoms with Crippen LogP contribution in [0.2, 0.25) is 0 Å². The molecule has 0 unspecified atom stereocenters. The van der Waals surface area contributed by atoms with E-state index in [2.05, 4.69) is 24.3 Å². The smallest absolute Gasteiger partial charge is 0.289 e. The normalized spacial score (nSPS) is 20.2. The summed E-state index contributed by atoms with van der Waals surface area (Å²) in [5, 5.41) is 0. The summed E-state index contributed by atoms with van der Waals surface area (Å²) in [4.78, 5) is 28.7. The number of carbonyl (C=O) groups excluding carboxylic acids is 2. The van der Waals surface area contributed by atoms with Gasteiger partial charge in [0.05, 0.1) is 0 Å². The van der Waals surface area contributed by atoms with E-state index in [0.29, 0.717) is 12.2 Å². The van der Waals surface area contributed by atoms with E-state index in [1.807, 2.05) is 32.0 Å². The summed E-state index contributed by atoms with van der Waals surface area (Å²) in [6, 6.07) is 12.2. The lowest BCUT2D eigenvalue weighted by Gasteiger charge is -2.40. The van der Waals surface area contributed by atoms with Crippen LogP contribution < -0.4 is 0 Å². The van der Waals surface area contributed by atoms with Gasteiger partial charge in [-0.15, -0.1) is 0 Å². The van der Waals surface area contributed by atoms with E-state index < -0.39 is 0 Å². The number of rotatable bonds is 3. The molecule has 2 amide bonds. The number of likely N-dealkylation sites (tertiary alicyclic amines) is 1. The van der Waals surface area contributed by atoms with E-state index in [4.69, 9.17) is 4.42 Å². The van der Waals surface area contributed by atoms with Crippen molar-refractivity contribution in [2.45, 2.75) is 43.9 Å². The number of aryl methyl sites for hydroxylation is 1. The molecule has 1 aliphatic heterocycles. The Bertz CT molecular complexity index is 891. The summed E-state index contributed by atoms with van der Waals surface area (Å²) in [5.74, 6) is 1.61. The summed E-state index contributed by atoms with van der Waals surface area (Å²) < 4.78 is 5.52. The molecule has 2 aromatic rings. The lowest BCUT2D eigenvalue weighted by molar-refractivity contribution is -0.129. The van der Waals surface area contributed by atoms with Crippen LogP contribution in [-0.2, 0) is 10.2 Å². The van der Waals surface area contributed by atoms with Gasteiger partial charge in [0.1, 0.15) is 5.76 Å². The van der Waals surface area contributed by atoms with E-state index in [-0.39, 0.29) is 23.1 Å². The minimum Gasteiger partial charge on any atom is -0.456 e. The van der Waals surface area contributed by atoms with E-state index in [1.165, 1.54) is 11.1 Å². The molecule has 28 heavy (non-hydrogen) atoms. The number of hydrogen-bond acceptors (Lipinski definition) is 3. The van der Waals surface area contributed by atoms with Gasteiger partial charge >= 0.3 is 0 Å². The molecular weight excluding hydrogens is 352 g/mol. The number of fused-ring (bicyclic) bond motifs is 2. The van der Waals surface area contributed by atoms with Crippen molar-refractivity contribution in [3.63, 3.8) is 0 Å². The van der Waals surface area contributed by atoms with Crippen molar-refractivity contribution in [1.29, 1.82) is 0 Å². The van der Waals surface area contributed by atoms with Gasteiger partial charge in [0, 0.05) is 33.6 Å². The predicted molar refractivity (Wildman–Crippen MR) is 107 cm³/mol. The van der Waals surface area contributed by atoms with E-state index in [0.717, 1.165) is 38.1 Å². The third kappa shape index (κ3) is 3.23. The molecule has 0 bridgehead atoms. The minimum atomic E-state index is -0.0198. The number of piperidine rings is 1. The van der Waals surface area contributed by atoms with Crippen molar-refractivity contribution >= 4 is 11.8 Å². The van der Waals surface area contributed by atoms with Crippen molar-refractivity contribution in [2.24, 2.45) is 0 Å². The first kappa shape index (κ1) is 18.8. The van der Waals surface area contributed by atoms with Gasteiger partial charge in [0.25, 0.3) is 5.91 Å². The summed E-state index contributed by atoms with van der Waals surface area (Å²) in [7, 11) is 3.64. The van der Waals surface area contributed by atoms with Crippen LogP contribution in [0.1, 0.15) is 59.0 Å². The topological polar surface area (TPSA) is 53.8 Å². The molecule has 0 saturated carbocycles. The van der Waals surface area contributed by atoms with Gasteiger partial charge in [-0.05, 0) is 60.8 Å². The van der Waals surface area contributed by atoms with Gasteiger partial charge in [0.2, 0.25) is 5.91 Å². The maximum Gasteiger partial charge on any atom is 0.289 e. The fourth-order valence-electron chi connectivity index (χ4n) is 4.92. The Hall–Kier alpha value is -2.56. The molecule has 1 atom stereocenters. The molecule has 1 saturated heterocycles. The molecule has 4 rings (SSSR count). The highest BCUT2D eigenvalue weighted by Gasteiger charge is 2.46. The van der Waals surface area contributed by atoms with Crippen molar-refractivity contribution in [3.8, 4) is 0 Å². The molecular formula is C23H28N2O3. The Morgan fingerprint density at radius 2 is 1.86 bits per heavy atom. The van der Waals surface area contributed by atoms with Crippen LogP contribution in [0.4, 0.5) is 0 Å². The van der Waals surface area contributed by atoms with Crippen molar-refractivity contribution in [1.82, 2.24) is 9.80 Å². The van der Waals surface area contributed by atoms with Crippen LogP contribution in [0.5, 0.6) is 0 Å². The third-order valence-electron chi connectivity index (χ3n) is 6.49. The van der Waals surface area contributed by atoms with Crippen LogP contribution in [-0.4, -0.2) is 48.8 Å². The third-order valence-corrected chi connectivity index (χ3v) is 6.49. The molecule has 2 aliphatic rings. The molecule has 1 aliphatic carbocycles. The van der Waals surface area contributed by atoms with Gasteiger partial charge in [-0.3, -0.25) is 9.59 Å². The molecule has 0 N–H and O–H groups in total. The van der Waals surface area contributed by atoms with Crippen molar-refractivity contribution < 1.29 is 14.0 Å². The Kier molecular flexibility index (Phi) is 4.77. The van der Waals surface area contributed by atoms with E-state index in [1.54, 1.807) is 11.0 Å². The van der Waals surface area contributed by atoms with Crippen LogP contribution in [0.15, 0.2) is 40.8 Å². The second kappa shape index (κ2) is 7.12. The number of benzene rings is 1. The monoisotopic (exact) mass is 380 g/mol. The predicted octanol–water partition coefficient (Wildman–Crippen LogP) is 3.73. The number of furan rings is 1. The van der Waals surface area contributed by atoms with Crippen LogP contribution >= 0.6 is 0 Å². The first-order valence-electron chi connectivity index (χ1n) is 10.0. The Morgan fingerprint density at radius 1 is 1.14 bits per heavy atom. The quantitative estimate of drug-likeness (QED) is 0.815. The van der Waals surface area contributed by atoms with Crippen molar-refractivity contribution in [3.05, 3.63) is 59.0 Å². The lowest BCUT2D eigenvalue weighted by Crippen LogP contribution is -2.44. The van der Waals surface area contributed by atoms with Crippen LogP contribution in [0.3, 0.4) is 0 Å². The van der Waals surface area contributed by atoms with Gasteiger partial charge in [-0.1, -0.05) is 24.3 Å². The second-order valence-corrected chi connectivity index (χ2v) is 8.46. The fraction of sp³-hybridized carbons (Fsp3) is 0.478. The molecule has 2 heterocycles. The first-order valence-corrected chi connectivity index (χ1v) is 10.0. The fourth-order valence-corrected chi connectivity index (χ4v) is 4.92. The molecule has 1 fully saturated rings. The molecule has 1 aromatic carbocycles. The zero-order chi connectivity index (χ0) is 19.9. The molecule has 5 heteroatoms. The maximum absolute atomic E-state index is 12.7. The Labute approximate surface area is 166 Å². The van der Waals surface area contributed by atoms with Crippen LogP contribution in [0, 0.1) is 6.92 Å². The molecule has 148 valence electrons. The average molecular weight is 380 g/mol. The summed E-state index contributed by atoms with van der Waals surface area (Å²) in [6.07, 6.45) is 3.41. The highest BCUT2D eigenvalue weighted by Crippen LogP contribution is 2.52. The highest BCUT2D eigenvalue weighted by molar-refractivity contribution is 5.91. The Morgan fingerprint density at radius 3 is 2.50 bits per heavy atom. The van der Waals surface area contributed by atoms with E-state index in [9.17, 15) is 9.59 Å². The number of nitrogens with zero attached hydrogens (tertiary/aromatic N) is 2. The van der Waals surface area contributed by atoms with Crippen LogP contribution in [0.25, 0.3) is 0 Å². The molecule has 0 radical (unpaired) electrons. The standard InChI is InChI=1S/C23H28N2O3/c1-16-8-9-20(28-16)22(27)25-12-10-23(11-13-25)15-17(14-21(26)24(2)3)18-6-4-5-7-19(18)23/h4-9,17H,10-15H2,1-3H3/t17-/m0/s1. The molecule has 5 nitrogen and oxygen atoms in total. The number of carbonyl (C=O) groups is 2. The van der Waals surface area contributed by atoms with Gasteiger partial charge < -0.3 is 14.2 Å². The summed E-state index contributed by atoms with van der Waals surface area (Å²) in [6.45, 7) is 3.30.